The molecule has 0 amide bonds. The number of benzene rings is 2. The Bertz CT molecular complexity index is 933. The van der Waals surface area contributed by atoms with Crippen LogP contribution in [-0.2, 0) is 13.6 Å². The number of carboxylic acids is 1. The quantitative estimate of drug-likeness (QED) is 0.111. The second-order valence-electron chi connectivity index (χ2n) is 12.3. The smallest absolute Gasteiger partial charge is 0.303 e. The van der Waals surface area contributed by atoms with Gasteiger partial charge in [0.1, 0.15) is 0 Å². The van der Waals surface area contributed by atoms with E-state index in [9.17, 15) is 4.79 Å². The van der Waals surface area contributed by atoms with Crippen molar-refractivity contribution in [2.45, 2.75) is 135 Å². The van der Waals surface area contributed by atoms with E-state index < -0.39 is 22.6 Å². The molecule has 6 heteroatoms. The summed E-state index contributed by atoms with van der Waals surface area (Å²) < 4.78 is 14.4. The Morgan fingerprint density at radius 3 is 1.40 bits per heavy atom. The average molecular weight is 585 g/mol. The number of carbonyl (C=O) groups is 1. The van der Waals surface area contributed by atoms with E-state index in [1.54, 1.807) is 0 Å². The fourth-order valence-electron chi connectivity index (χ4n) is 5.49. The average Bonchev–Trinajstić information content (AvgIpc) is 2.94. The van der Waals surface area contributed by atoms with Crippen LogP contribution in [0, 0.1) is 0 Å². The molecular formula is C34H56O4Si2. The molecule has 0 aliphatic rings. The van der Waals surface area contributed by atoms with E-state index in [1.165, 1.54) is 48.9 Å². The molecule has 0 radical (unpaired) electrons. The highest BCUT2D eigenvalue weighted by molar-refractivity contribution is 6.85. The van der Waals surface area contributed by atoms with Crippen LogP contribution in [0.4, 0.5) is 0 Å². The molecule has 0 aliphatic heterocycles. The highest BCUT2D eigenvalue weighted by atomic mass is 28.4. The molecule has 0 aliphatic carbocycles. The maximum atomic E-state index is 10.9. The van der Waals surface area contributed by atoms with Crippen molar-refractivity contribution in [3.05, 3.63) is 60.7 Å². The summed E-state index contributed by atoms with van der Waals surface area (Å²) in [6.45, 7) is 11.6. The molecule has 0 heterocycles. The summed E-state index contributed by atoms with van der Waals surface area (Å²) in [5, 5.41) is 11.6. The van der Waals surface area contributed by atoms with E-state index in [1.807, 2.05) is 0 Å². The maximum absolute atomic E-state index is 10.9. The predicted molar refractivity (Wildman–Crippen MR) is 175 cm³/mol. The summed E-state index contributed by atoms with van der Waals surface area (Å²) in [6.07, 6.45) is 15.1. The van der Waals surface area contributed by atoms with E-state index in [0.29, 0.717) is 0 Å². The summed E-state index contributed by atoms with van der Waals surface area (Å²) in [6, 6.07) is 21.5. The highest BCUT2D eigenvalue weighted by Gasteiger charge is 2.37. The van der Waals surface area contributed by atoms with Crippen LogP contribution < -0.4 is 10.4 Å². The Balaban J connectivity index is 2.19. The first kappa shape index (κ1) is 34.5. The van der Waals surface area contributed by atoms with Crippen molar-refractivity contribution in [3.8, 4) is 0 Å². The Labute approximate surface area is 247 Å². The van der Waals surface area contributed by atoms with Crippen molar-refractivity contribution in [3.63, 3.8) is 0 Å². The second-order valence-corrected chi connectivity index (χ2v) is 20.0. The van der Waals surface area contributed by atoms with E-state index >= 15 is 0 Å². The fraction of sp³-hybridized carbons (Fsp3) is 0.618. The van der Waals surface area contributed by atoms with Gasteiger partial charge >= 0.3 is 5.97 Å². The van der Waals surface area contributed by atoms with Crippen molar-refractivity contribution < 1.29 is 18.8 Å². The van der Waals surface area contributed by atoms with Gasteiger partial charge in [-0.15, -0.1) is 0 Å². The molecule has 2 aromatic rings. The number of hydrogen-bond donors (Lipinski definition) is 1. The third-order valence-electron chi connectivity index (χ3n) is 7.97. The number of aliphatic carboxylic acids is 1. The monoisotopic (exact) mass is 584 g/mol. The zero-order valence-electron chi connectivity index (χ0n) is 26.0. The molecule has 0 aromatic heterocycles. The van der Waals surface area contributed by atoms with Crippen molar-refractivity contribution in [1.29, 1.82) is 0 Å². The minimum atomic E-state index is -2.15. The van der Waals surface area contributed by atoms with Crippen molar-refractivity contribution in [1.82, 2.24) is 0 Å². The molecule has 2 rings (SSSR count). The van der Waals surface area contributed by atoms with Gasteiger partial charge in [0.15, 0.2) is 0 Å². The van der Waals surface area contributed by atoms with Gasteiger partial charge in [0.2, 0.25) is 16.6 Å². The van der Waals surface area contributed by atoms with Gasteiger partial charge in [0, 0.05) is 6.42 Å². The molecule has 0 fully saturated rings. The molecule has 2 aromatic carbocycles. The van der Waals surface area contributed by atoms with Crippen LogP contribution in [0.2, 0.25) is 26.2 Å². The van der Waals surface area contributed by atoms with E-state index in [2.05, 4.69) is 93.8 Å². The molecule has 4 nitrogen and oxygen atoms in total. The van der Waals surface area contributed by atoms with Gasteiger partial charge < -0.3 is 14.0 Å². The molecule has 0 bridgehead atoms. The molecule has 0 saturated carbocycles. The Hall–Kier alpha value is -1.74. The van der Waals surface area contributed by atoms with E-state index in [0.717, 1.165) is 44.9 Å². The second kappa shape index (κ2) is 18.6. The minimum absolute atomic E-state index is 0.0621. The molecule has 2 atom stereocenters. The standard InChI is InChI=1S/C34H56O4Si2/c1-6-7-8-9-11-20-27-32(37-39(2,3)30-23-16-14-17-24-30)33(28-21-12-10-13-22-29-34(35)36)38-40(4,5)31-25-18-15-19-26-31/h14-19,23-26,32-33H,6-13,20-22,27-29H2,1-5H3,(H,35,36). The van der Waals surface area contributed by atoms with Crippen LogP contribution in [0.15, 0.2) is 60.7 Å². The SMILES string of the molecule is CCCCCCCCC(O[Si](C)(C)c1ccccc1)C(CCCCCCCC(=O)O)O[Si](C)(C)c1ccccc1. The van der Waals surface area contributed by atoms with Crippen molar-refractivity contribution in [2.24, 2.45) is 0 Å². The predicted octanol–water partition coefficient (Wildman–Crippen LogP) is 8.55. The largest absolute Gasteiger partial charge is 0.481 e. The van der Waals surface area contributed by atoms with Gasteiger partial charge in [-0.05, 0) is 55.8 Å². The van der Waals surface area contributed by atoms with Gasteiger partial charge in [-0.1, -0.05) is 132 Å². The summed E-state index contributed by atoms with van der Waals surface area (Å²) in [7, 11) is -4.29. The van der Waals surface area contributed by atoms with Crippen LogP contribution in [-0.4, -0.2) is 39.9 Å². The Kier molecular flexibility index (Phi) is 16.1. The summed E-state index contributed by atoms with van der Waals surface area (Å²) in [5.41, 5.74) is 0. The van der Waals surface area contributed by atoms with Crippen molar-refractivity contribution >= 4 is 33.0 Å². The van der Waals surface area contributed by atoms with Crippen LogP contribution in [0.5, 0.6) is 0 Å². The third kappa shape index (κ3) is 13.3. The number of unbranched alkanes of at least 4 members (excludes halogenated alkanes) is 9. The van der Waals surface area contributed by atoms with E-state index in [-0.39, 0.29) is 18.6 Å². The lowest BCUT2D eigenvalue weighted by Crippen LogP contribution is -2.54. The zero-order chi connectivity index (χ0) is 29.3. The normalized spacial score (nSPS) is 13.7. The molecule has 0 saturated heterocycles. The first-order valence-electron chi connectivity index (χ1n) is 15.8. The number of carboxylic acid groups (broad SMARTS) is 1. The molecule has 224 valence electrons. The minimum Gasteiger partial charge on any atom is -0.481 e. The lowest BCUT2D eigenvalue weighted by molar-refractivity contribution is -0.137. The van der Waals surface area contributed by atoms with Crippen LogP contribution in [0.25, 0.3) is 0 Å². The van der Waals surface area contributed by atoms with Gasteiger partial charge in [0.25, 0.3) is 0 Å². The summed E-state index contributed by atoms with van der Waals surface area (Å²) >= 11 is 0. The molecule has 0 spiro atoms. The lowest BCUT2D eigenvalue weighted by atomic mass is 9.99. The molecule has 1 N–H and O–H groups in total. The zero-order valence-corrected chi connectivity index (χ0v) is 28.0. The Morgan fingerprint density at radius 2 is 1.00 bits per heavy atom. The number of hydrogen-bond acceptors (Lipinski definition) is 3. The highest BCUT2D eigenvalue weighted by Crippen LogP contribution is 2.26. The first-order chi connectivity index (χ1) is 19.2. The van der Waals surface area contributed by atoms with Crippen LogP contribution in [0.1, 0.15) is 96.8 Å². The lowest BCUT2D eigenvalue weighted by Gasteiger charge is -2.39. The number of rotatable bonds is 22. The van der Waals surface area contributed by atoms with Gasteiger partial charge in [-0.2, -0.15) is 0 Å². The maximum Gasteiger partial charge on any atom is 0.303 e. The fourth-order valence-corrected chi connectivity index (χ4v) is 9.81. The first-order valence-corrected chi connectivity index (χ1v) is 21.7. The van der Waals surface area contributed by atoms with Crippen LogP contribution >= 0.6 is 0 Å². The van der Waals surface area contributed by atoms with Gasteiger partial charge in [-0.25, -0.2) is 0 Å². The van der Waals surface area contributed by atoms with Gasteiger partial charge in [0.05, 0.1) is 12.2 Å². The van der Waals surface area contributed by atoms with Crippen LogP contribution in [0.3, 0.4) is 0 Å². The Morgan fingerprint density at radius 1 is 0.625 bits per heavy atom. The molecule has 2 unspecified atom stereocenters. The molecule has 40 heavy (non-hydrogen) atoms. The summed E-state index contributed by atoms with van der Waals surface area (Å²) in [4.78, 5) is 10.9. The van der Waals surface area contributed by atoms with Gasteiger partial charge in [-0.3, -0.25) is 4.79 Å². The summed E-state index contributed by atoms with van der Waals surface area (Å²) in [5.74, 6) is -0.693. The van der Waals surface area contributed by atoms with Crippen molar-refractivity contribution in [2.75, 3.05) is 0 Å². The van der Waals surface area contributed by atoms with E-state index in [4.69, 9.17) is 14.0 Å². The third-order valence-corrected chi connectivity index (χ3v) is 13.2. The topological polar surface area (TPSA) is 55.8 Å². The molecular weight excluding hydrogens is 529 g/mol.